The number of nitrogens with zero attached hydrogens (tertiary/aromatic N) is 2. The van der Waals surface area contributed by atoms with Crippen LogP contribution >= 0.6 is 0 Å². The summed E-state index contributed by atoms with van der Waals surface area (Å²) in [5, 5.41) is 11.8. The van der Waals surface area contributed by atoms with Crippen molar-refractivity contribution < 1.29 is 4.42 Å². The number of anilines is 3. The molecule has 238 valence electrons. The maximum Gasteiger partial charge on any atom is 0.143 e. The Morgan fingerprint density at radius 3 is 1.86 bits per heavy atom. The summed E-state index contributed by atoms with van der Waals surface area (Å²) in [5.74, 6) is 0. The normalized spacial score (nSPS) is 11.9. The molecular formula is C48H30N2O. The lowest BCUT2D eigenvalue weighted by Crippen LogP contribution is -2.10. The van der Waals surface area contributed by atoms with Crippen molar-refractivity contribution in [1.29, 1.82) is 0 Å². The zero-order valence-corrected chi connectivity index (χ0v) is 27.6. The van der Waals surface area contributed by atoms with Gasteiger partial charge in [-0.15, -0.1) is 0 Å². The van der Waals surface area contributed by atoms with Crippen LogP contribution in [0.25, 0.3) is 81.7 Å². The lowest BCUT2D eigenvalue weighted by molar-refractivity contribution is 0.672. The van der Waals surface area contributed by atoms with E-state index in [0.717, 1.165) is 55.6 Å². The first-order valence-corrected chi connectivity index (χ1v) is 17.4. The maximum absolute atomic E-state index is 6.70. The number of rotatable bonds is 4. The summed E-state index contributed by atoms with van der Waals surface area (Å²) >= 11 is 0. The lowest BCUT2D eigenvalue weighted by atomic mass is 10.0. The van der Waals surface area contributed by atoms with Crippen molar-refractivity contribution in [3.63, 3.8) is 0 Å². The second-order valence-corrected chi connectivity index (χ2v) is 13.3. The van der Waals surface area contributed by atoms with Crippen LogP contribution in [0, 0.1) is 0 Å². The first-order chi connectivity index (χ1) is 25.3. The third-order valence-electron chi connectivity index (χ3n) is 10.5. The first kappa shape index (κ1) is 28.0. The second-order valence-electron chi connectivity index (χ2n) is 13.3. The largest absolute Gasteiger partial charge is 0.455 e. The van der Waals surface area contributed by atoms with Crippen molar-refractivity contribution in [3.8, 4) is 5.69 Å². The molecule has 2 aromatic heterocycles. The number of aromatic nitrogens is 1. The van der Waals surface area contributed by atoms with Crippen LogP contribution in [0.5, 0.6) is 0 Å². The van der Waals surface area contributed by atoms with Crippen LogP contribution in [0.3, 0.4) is 0 Å². The Labute approximate surface area is 293 Å². The molecule has 3 heteroatoms. The van der Waals surface area contributed by atoms with Crippen molar-refractivity contribution >= 4 is 93.1 Å². The van der Waals surface area contributed by atoms with Crippen molar-refractivity contribution in [1.82, 2.24) is 4.57 Å². The van der Waals surface area contributed by atoms with E-state index in [2.05, 4.69) is 191 Å². The van der Waals surface area contributed by atoms with Crippen LogP contribution < -0.4 is 4.90 Å². The zero-order valence-electron chi connectivity index (χ0n) is 27.6. The van der Waals surface area contributed by atoms with Gasteiger partial charge >= 0.3 is 0 Å². The molecule has 0 radical (unpaired) electrons. The molecule has 3 nitrogen and oxygen atoms in total. The van der Waals surface area contributed by atoms with Crippen LogP contribution in [-0.4, -0.2) is 4.57 Å². The molecular weight excluding hydrogens is 621 g/mol. The van der Waals surface area contributed by atoms with Gasteiger partial charge in [-0.25, -0.2) is 0 Å². The summed E-state index contributed by atoms with van der Waals surface area (Å²) in [5.41, 5.74) is 8.54. The molecule has 11 rings (SSSR count). The Morgan fingerprint density at radius 1 is 0.392 bits per heavy atom. The topological polar surface area (TPSA) is 21.3 Å². The molecule has 0 aliphatic carbocycles. The monoisotopic (exact) mass is 650 g/mol. The molecule has 0 amide bonds. The molecule has 0 saturated heterocycles. The molecule has 51 heavy (non-hydrogen) atoms. The predicted octanol–water partition coefficient (Wildman–Crippen LogP) is 13.6. The van der Waals surface area contributed by atoms with Gasteiger partial charge < -0.3 is 13.9 Å². The summed E-state index contributed by atoms with van der Waals surface area (Å²) in [6, 6.07) is 65.6. The number of para-hydroxylation sites is 1. The molecule has 0 unspecified atom stereocenters. The molecule has 2 heterocycles. The van der Waals surface area contributed by atoms with Crippen LogP contribution in [0.2, 0.25) is 0 Å². The molecule has 0 spiro atoms. The van der Waals surface area contributed by atoms with Crippen LogP contribution in [0.15, 0.2) is 186 Å². The van der Waals surface area contributed by atoms with E-state index in [9.17, 15) is 0 Å². The van der Waals surface area contributed by atoms with Gasteiger partial charge in [-0.05, 0) is 93.7 Å². The molecule has 0 bridgehead atoms. The van der Waals surface area contributed by atoms with E-state index in [1.807, 2.05) is 0 Å². The molecule has 11 aromatic rings. The van der Waals surface area contributed by atoms with Gasteiger partial charge in [-0.2, -0.15) is 0 Å². The Bertz CT molecular complexity index is 3150. The second kappa shape index (κ2) is 10.8. The molecule has 9 aromatic carbocycles. The number of fused-ring (bicyclic) bond motifs is 10. The zero-order chi connectivity index (χ0) is 33.5. The van der Waals surface area contributed by atoms with E-state index in [-0.39, 0.29) is 0 Å². The molecule has 0 N–H and O–H groups in total. The van der Waals surface area contributed by atoms with Crippen LogP contribution in [0.1, 0.15) is 0 Å². The number of hydrogen-bond donors (Lipinski definition) is 0. The molecule has 0 aliphatic rings. The van der Waals surface area contributed by atoms with Gasteiger partial charge in [0.2, 0.25) is 0 Å². The van der Waals surface area contributed by atoms with Gasteiger partial charge in [0.05, 0.1) is 27.8 Å². The summed E-state index contributed by atoms with van der Waals surface area (Å²) in [4.78, 5) is 2.42. The molecule has 0 aliphatic heterocycles. The summed E-state index contributed by atoms with van der Waals surface area (Å²) < 4.78 is 9.14. The fraction of sp³-hybridized carbons (Fsp3) is 0. The van der Waals surface area contributed by atoms with Gasteiger partial charge in [-0.1, -0.05) is 115 Å². The van der Waals surface area contributed by atoms with E-state index in [0.29, 0.717) is 0 Å². The van der Waals surface area contributed by atoms with Crippen molar-refractivity contribution in [3.05, 3.63) is 182 Å². The minimum absolute atomic E-state index is 0.872. The van der Waals surface area contributed by atoms with Crippen molar-refractivity contribution in [2.45, 2.75) is 0 Å². The summed E-state index contributed by atoms with van der Waals surface area (Å²) in [7, 11) is 0. The van der Waals surface area contributed by atoms with Gasteiger partial charge in [0, 0.05) is 32.9 Å². The quantitative estimate of drug-likeness (QED) is 0.189. The smallest absolute Gasteiger partial charge is 0.143 e. The van der Waals surface area contributed by atoms with E-state index in [1.54, 1.807) is 0 Å². The highest BCUT2D eigenvalue weighted by Gasteiger charge is 2.24. The third kappa shape index (κ3) is 4.19. The SMILES string of the molecule is c1ccc(N(c2cccc3oc4c5ccccc5ccc4c23)c2cccc3c2c2cc4ccccc4cc2n3-c2ccc3ccccc3c2)cc1. The summed E-state index contributed by atoms with van der Waals surface area (Å²) in [6.45, 7) is 0. The molecule has 0 atom stereocenters. The highest BCUT2D eigenvalue weighted by Crippen LogP contribution is 2.48. The third-order valence-corrected chi connectivity index (χ3v) is 10.5. The van der Waals surface area contributed by atoms with E-state index in [4.69, 9.17) is 4.42 Å². The minimum Gasteiger partial charge on any atom is -0.455 e. The summed E-state index contributed by atoms with van der Waals surface area (Å²) in [6.07, 6.45) is 0. The Hall–Kier alpha value is -6.84. The highest BCUT2D eigenvalue weighted by atomic mass is 16.3. The van der Waals surface area contributed by atoms with E-state index >= 15 is 0 Å². The Balaban J connectivity index is 1.27. The van der Waals surface area contributed by atoms with Crippen molar-refractivity contribution in [2.24, 2.45) is 0 Å². The van der Waals surface area contributed by atoms with Gasteiger partial charge in [0.25, 0.3) is 0 Å². The Kier molecular flexibility index (Phi) is 5.96. The van der Waals surface area contributed by atoms with E-state index in [1.165, 1.54) is 43.2 Å². The lowest BCUT2D eigenvalue weighted by Gasteiger charge is -2.27. The average Bonchev–Trinajstić information content (AvgIpc) is 3.74. The fourth-order valence-corrected chi connectivity index (χ4v) is 8.22. The van der Waals surface area contributed by atoms with Gasteiger partial charge in [0.15, 0.2) is 0 Å². The van der Waals surface area contributed by atoms with Gasteiger partial charge in [-0.3, -0.25) is 0 Å². The maximum atomic E-state index is 6.70. The average molecular weight is 651 g/mol. The first-order valence-electron chi connectivity index (χ1n) is 17.4. The fourth-order valence-electron chi connectivity index (χ4n) is 8.22. The number of hydrogen-bond acceptors (Lipinski definition) is 2. The van der Waals surface area contributed by atoms with Gasteiger partial charge in [0.1, 0.15) is 11.2 Å². The number of benzene rings is 9. The Morgan fingerprint density at radius 2 is 1.04 bits per heavy atom. The molecule has 0 saturated carbocycles. The van der Waals surface area contributed by atoms with Crippen LogP contribution in [-0.2, 0) is 0 Å². The predicted molar refractivity (Wildman–Crippen MR) is 215 cm³/mol. The highest BCUT2D eigenvalue weighted by molar-refractivity contribution is 6.23. The minimum atomic E-state index is 0.872. The van der Waals surface area contributed by atoms with Crippen molar-refractivity contribution in [2.75, 3.05) is 4.90 Å². The molecule has 0 fully saturated rings. The number of furan rings is 1. The standard InChI is InChI=1S/C48H30N2O/c1-2-17-36(18-3-1)49(43-22-11-23-45-47(43)39-27-25-32-13-8-9-19-38(32)48(39)51-45)41-20-10-21-42-46(41)40-29-34-15-6-7-16-35(34)30-44(40)50(42)37-26-24-31-12-4-5-14-33(31)28-37/h1-30H. The van der Waals surface area contributed by atoms with E-state index < -0.39 is 0 Å². The van der Waals surface area contributed by atoms with Crippen LogP contribution in [0.4, 0.5) is 17.1 Å².